The van der Waals surface area contributed by atoms with E-state index < -0.39 is 6.67 Å². The second-order valence-electron chi connectivity index (χ2n) is 4.39. The molecule has 7 heteroatoms. The highest BCUT2D eigenvalue weighted by atomic mass is 35.5. The number of phenols is 1. The van der Waals surface area contributed by atoms with Crippen LogP contribution in [0.1, 0.15) is 11.6 Å². The Kier molecular flexibility index (Phi) is 8.89. The van der Waals surface area contributed by atoms with Crippen molar-refractivity contribution in [3.05, 3.63) is 23.8 Å². The topological polar surface area (TPSA) is 44.7 Å². The summed E-state index contributed by atoms with van der Waals surface area (Å²) in [6, 6.07) is 4.79. The number of ether oxygens (including phenoxy) is 1. The van der Waals surface area contributed by atoms with Crippen LogP contribution in [0.5, 0.6) is 11.5 Å². The second-order valence-corrected chi connectivity index (χ2v) is 4.39. The highest BCUT2D eigenvalue weighted by Crippen LogP contribution is 2.31. The zero-order chi connectivity index (χ0) is 13.0. The summed E-state index contributed by atoms with van der Waals surface area (Å²) in [7, 11) is 1.50. The van der Waals surface area contributed by atoms with Gasteiger partial charge in [-0.05, 0) is 17.7 Å². The second kappa shape index (κ2) is 9.23. The van der Waals surface area contributed by atoms with Crippen molar-refractivity contribution in [1.82, 2.24) is 10.2 Å². The zero-order valence-electron chi connectivity index (χ0n) is 11.3. The first-order valence-corrected chi connectivity index (χ1v) is 6.14. The van der Waals surface area contributed by atoms with E-state index >= 15 is 0 Å². The fraction of sp³-hybridized carbons (Fsp3) is 0.538. The van der Waals surface area contributed by atoms with Crippen molar-refractivity contribution in [1.29, 1.82) is 0 Å². The van der Waals surface area contributed by atoms with Crippen molar-refractivity contribution in [3.8, 4) is 11.5 Å². The lowest BCUT2D eigenvalue weighted by Gasteiger charge is -2.33. The standard InChI is InChI=1S/C13H19FN2O2.2ClH/c1-18-13-3-2-10(8-12(13)17)11(9-14)16-6-4-15-5-7-16;;/h2-3,8,11,15,17H,4-7,9H2,1H3;2*1H/t11-;;/m0../s1. The van der Waals surface area contributed by atoms with Gasteiger partial charge in [0.1, 0.15) is 6.67 Å². The minimum absolute atomic E-state index is 0. The van der Waals surface area contributed by atoms with Crippen molar-refractivity contribution >= 4 is 24.8 Å². The molecule has 1 aliphatic heterocycles. The van der Waals surface area contributed by atoms with E-state index in [1.807, 2.05) is 6.07 Å². The third-order valence-corrected chi connectivity index (χ3v) is 3.33. The van der Waals surface area contributed by atoms with E-state index in [-0.39, 0.29) is 36.6 Å². The lowest BCUT2D eigenvalue weighted by molar-refractivity contribution is 0.147. The van der Waals surface area contributed by atoms with Crippen molar-refractivity contribution < 1.29 is 14.2 Å². The largest absolute Gasteiger partial charge is 0.504 e. The van der Waals surface area contributed by atoms with Crippen LogP contribution in [0.2, 0.25) is 0 Å². The van der Waals surface area contributed by atoms with Crippen LogP contribution in [0.15, 0.2) is 18.2 Å². The third kappa shape index (κ3) is 4.38. The van der Waals surface area contributed by atoms with E-state index in [0.717, 1.165) is 31.7 Å². The van der Waals surface area contributed by atoms with Crippen LogP contribution in [0.4, 0.5) is 4.39 Å². The molecule has 0 spiro atoms. The molecule has 0 saturated carbocycles. The van der Waals surface area contributed by atoms with Gasteiger partial charge < -0.3 is 15.2 Å². The average Bonchev–Trinajstić information content (AvgIpc) is 2.41. The molecule has 1 aromatic rings. The van der Waals surface area contributed by atoms with E-state index in [2.05, 4.69) is 10.2 Å². The van der Waals surface area contributed by atoms with E-state index in [1.165, 1.54) is 7.11 Å². The van der Waals surface area contributed by atoms with Gasteiger partial charge in [-0.2, -0.15) is 0 Å². The monoisotopic (exact) mass is 326 g/mol. The number of rotatable bonds is 4. The molecule has 116 valence electrons. The quantitative estimate of drug-likeness (QED) is 0.890. The van der Waals surface area contributed by atoms with Crippen LogP contribution in [0.3, 0.4) is 0 Å². The van der Waals surface area contributed by atoms with Crippen LogP contribution in [-0.4, -0.2) is 50.0 Å². The van der Waals surface area contributed by atoms with Gasteiger partial charge in [0.15, 0.2) is 11.5 Å². The normalized spacial score (nSPS) is 16.7. The minimum Gasteiger partial charge on any atom is -0.504 e. The van der Waals surface area contributed by atoms with Gasteiger partial charge in [-0.1, -0.05) is 6.07 Å². The molecular weight excluding hydrogens is 306 g/mol. The molecule has 0 radical (unpaired) electrons. The molecule has 1 fully saturated rings. The molecule has 2 rings (SSSR count). The Morgan fingerprint density at radius 1 is 1.35 bits per heavy atom. The predicted molar refractivity (Wildman–Crippen MR) is 82.3 cm³/mol. The fourth-order valence-electron chi connectivity index (χ4n) is 2.31. The van der Waals surface area contributed by atoms with Crippen LogP contribution >= 0.6 is 24.8 Å². The van der Waals surface area contributed by atoms with Gasteiger partial charge in [0.2, 0.25) is 0 Å². The summed E-state index contributed by atoms with van der Waals surface area (Å²) in [5, 5.41) is 13.0. The van der Waals surface area contributed by atoms with Crippen molar-refractivity contribution in [3.63, 3.8) is 0 Å². The molecule has 1 heterocycles. The highest BCUT2D eigenvalue weighted by molar-refractivity contribution is 5.85. The molecule has 20 heavy (non-hydrogen) atoms. The van der Waals surface area contributed by atoms with Gasteiger partial charge >= 0.3 is 0 Å². The van der Waals surface area contributed by atoms with Gasteiger partial charge in [0, 0.05) is 26.2 Å². The maximum absolute atomic E-state index is 13.3. The molecule has 4 nitrogen and oxygen atoms in total. The van der Waals surface area contributed by atoms with Crippen molar-refractivity contribution in [2.24, 2.45) is 0 Å². The maximum Gasteiger partial charge on any atom is 0.160 e. The number of hydrogen-bond acceptors (Lipinski definition) is 4. The molecule has 1 aliphatic rings. The number of benzene rings is 1. The first-order chi connectivity index (χ1) is 8.76. The number of phenolic OH excluding ortho intramolecular Hbond substituents is 1. The SMILES string of the molecule is COc1ccc([C@H](CF)N2CCNCC2)cc1O.Cl.Cl. The van der Waals surface area contributed by atoms with Crippen LogP contribution in [0, 0.1) is 0 Å². The Hall–Kier alpha value is -0.750. The van der Waals surface area contributed by atoms with Crippen LogP contribution in [0.25, 0.3) is 0 Å². The molecule has 1 aromatic carbocycles. The van der Waals surface area contributed by atoms with E-state index in [1.54, 1.807) is 12.1 Å². The summed E-state index contributed by atoms with van der Waals surface area (Å²) < 4.78 is 18.3. The lowest BCUT2D eigenvalue weighted by Crippen LogP contribution is -2.45. The lowest BCUT2D eigenvalue weighted by atomic mass is 10.0. The smallest absolute Gasteiger partial charge is 0.160 e. The fourth-order valence-corrected chi connectivity index (χ4v) is 2.31. The van der Waals surface area contributed by atoms with Gasteiger partial charge in [0.05, 0.1) is 13.2 Å². The Labute approximate surface area is 131 Å². The number of nitrogens with zero attached hydrogens (tertiary/aromatic N) is 1. The summed E-state index contributed by atoms with van der Waals surface area (Å²) >= 11 is 0. The minimum atomic E-state index is -0.453. The van der Waals surface area contributed by atoms with Crippen molar-refractivity contribution in [2.45, 2.75) is 6.04 Å². The van der Waals surface area contributed by atoms with Gasteiger partial charge in [0.25, 0.3) is 0 Å². The Morgan fingerprint density at radius 2 is 2.00 bits per heavy atom. The molecule has 0 aliphatic carbocycles. The number of alkyl halides is 1. The Morgan fingerprint density at radius 3 is 2.50 bits per heavy atom. The summed E-state index contributed by atoms with van der Waals surface area (Å²) in [5.41, 5.74) is 0.790. The van der Waals surface area contributed by atoms with Crippen molar-refractivity contribution in [2.75, 3.05) is 40.0 Å². The first-order valence-electron chi connectivity index (χ1n) is 6.14. The number of halogens is 3. The van der Waals surface area contributed by atoms with Gasteiger partial charge in [-0.3, -0.25) is 4.90 Å². The molecular formula is C13H21Cl2FN2O2. The summed E-state index contributed by atoms with van der Waals surface area (Å²) in [6.45, 7) is 2.94. The predicted octanol–water partition coefficient (Wildman–Crippen LogP) is 2.16. The van der Waals surface area contributed by atoms with E-state index in [0.29, 0.717) is 5.75 Å². The molecule has 1 saturated heterocycles. The van der Waals surface area contributed by atoms with E-state index in [9.17, 15) is 9.50 Å². The number of nitrogens with one attached hydrogen (secondary N) is 1. The molecule has 0 aromatic heterocycles. The van der Waals surface area contributed by atoms with Crippen LogP contribution < -0.4 is 10.1 Å². The molecule has 1 atom stereocenters. The molecule has 2 N–H and O–H groups in total. The maximum atomic E-state index is 13.3. The zero-order valence-corrected chi connectivity index (χ0v) is 13.0. The summed E-state index contributed by atoms with van der Waals surface area (Å²) in [4.78, 5) is 2.09. The molecule has 0 amide bonds. The highest BCUT2D eigenvalue weighted by Gasteiger charge is 2.22. The summed E-state index contributed by atoms with van der Waals surface area (Å²) in [6.07, 6.45) is 0. The van der Waals surface area contributed by atoms with Gasteiger partial charge in [-0.15, -0.1) is 24.8 Å². The number of hydrogen-bond donors (Lipinski definition) is 2. The molecule has 0 bridgehead atoms. The Bertz CT molecular complexity index is 404. The van der Waals surface area contributed by atoms with Crippen LogP contribution in [-0.2, 0) is 0 Å². The summed E-state index contributed by atoms with van der Waals surface area (Å²) in [5.74, 6) is 0.472. The number of methoxy groups -OCH3 is 1. The number of piperazine rings is 1. The average molecular weight is 327 g/mol. The third-order valence-electron chi connectivity index (χ3n) is 3.33. The molecule has 0 unspecified atom stereocenters. The Balaban J connectivity index is 0.00000180. The first kappa shape index (κ1) is 19.2. The van der Waals surface area contributed by atoms with E-state index in [4.69, 9.17) is 4.74 Å². The number of aromatic hydroxyl groups is 1. The van der Waals surface area contributed by atoms with Gasteiger partial charge in [-0.25, -0.2) is 4.39 Å².